The number of rotatable bonds is 0. The first-order valence-electron chi connectivity index (χ1n) is 18.1. The molecule has 0 aromatic carbocycles. The van der Waals surface area contributed by atoms with Gasteiger partial charge in [-0.15, -0.1) is 11.6 Å². The first kappa shape index (κ1) is 28.2. The molecular formula is C32H56ClN9. The van der Waals surface area contributed by atoms with Crippen LogP contribution in [0.3, 0.4) is 0 Å². The van der Waals surface area contributed by atoms with Gasteiger partial charge in [0.25, 0.3) is 0 Å². The SMILES string of the molecule is NC1C(Cl)CCC2C3NC4NC(NC5NC(NC6NC(NC(N3)C12)C1CCCCC61)C1CCCCC51)C1CCCCC41. The van der Waals surface area contributed by atoms with E-state index in [-0.39, 0.29) is 23.8 Å². The molecule has 4 aliphatic carbocycles. The van der Waals surface area contributed by atoms with E-state index in [2.05, 4.69) is 42.5 Å². The minimum absolute atomic E-state index is 0.0123. The van der Waals surface area contributed by atoms with Gasteiger partial charge in [-0.2, -0.15) is 0 Å². The predicted octanol–water partition coefficient (Wildman–Crippen LogP) is 1.76. The second-order valence-corrected chi connectivity index (χ2v) is 16.5. The predicted molar refractivity (Wildman–Crippen MR) is 166 cm³/mol. The Morgan fingerprint density at radius 2 is 0.643 bits per heavy atom. The highest BCUT2D eigenvalue weighted by atomic mass is 35.5. The van der Waals surface area contributed by atoms with Crippen LogP contribution in [-0.2, 0) is 0 Å². The van der Waals surface area contributed by atoms with Crippen LogP contribution in [0, 0.1) is 47.3 Å². The second-order valence-electron chi connectivity index (χ2n) is 15.9. The molecule has 8 bridgehead atoms. The standard InChI is InChI=1S/C32H56ClN9/c33-22-14-13-21-23(24(22)34)32-41-30-20-12-6-5-11-19(20)28(39-30)37-26-16-8-2-1-7-15(16)25(35-26)36-27-17-9-3-4-10-18(17)29(38-27)40-31(21)42-32/h15-32,35-42H,1-14,34H2. The van der Waals surface area contributed by atoms with Crippen molar-refractivity contribution in [2.24, 2.45) is 53.1 Å². The molecule has 9 fully saturated rings. The van der Waals surface area contributed by atoms with E-state index in [0.29, 0.717) is 84.3 Å². The largest absolute Gasteiger partial charge is 0.326 e. The summed E-state index contributed by atoms with van der Waals surface area (Å²) in [5, 5.41) is 33.5. The molecule has 18 atom stereocenters. The van der Waals surface area contributed by atoms with Crippen molar-refractivity contribution in [3.8, 4) is 0 Å². The van der Waals surface area contributed by atoms with E-state index in [4.69, 9.17) is 17.3 Å². The Morgan fingerprint density at radius 1 is 0.357 bits per heavy atom. The first-order chi connectivity index (χ1) is 20.6. The van der Waals surface area contributed by atoms with E-state index >= 15 is 0 Å². The topological polar surface area (TPSA) is 122 Å². The molecule has 236 valence electrons. The highest BCUT2D eigenvalue weighted by molar-refractivity contribution is 6.21. The molecule has 0 amide bonds. The Morgan fingerprint density at radius 3 is 0.976 bits per heavy atom. The van der Waals surface area contributed by atoms with Crippen molar-refractivity contribution >= 4 is 11.6 Å². The average molecular weight is 602 g/mol. The Kier molecular flexibility index (Phi) is 7.59. The van der Waals surface area contributed by atoms with Crippen molar-refractivity contribution in [2.45, 2.75) is 151 Å². The molecule has 5 saturated heterocycles. The lowest BCUT2D eigenvalue weighted by Gasteiger charge is -2.40. The Balaban J connectivity index is 1.06. The summed E-state index contributed by atoms with van der Waals surface area (Å²) < 4.78 is 0. The highest BCUT2D eigenvalue weighted by Gasteiger charge is 2.56. The molecule has 5 aliphatic heterocycles. The fraction of sp³-hybridized carbons (Fsp3) is 1.00. The van der Waals surface area contributed by atoms with E-state index in [1.54, 1.807) is 0 Å². The molecule has 0 radical (unpaired) electrons. The van der Waals surface area contributed by atoms with Crippen LogP contribution in [0.15, 0.2) is 0 Å². The third-order valence-electron chi connectivity index (χ3n) is 14.0. The van der Waals surface area contributed by atoms with Crippen molar-refractivity contribution in [1.82, 2.24) is 42.5 Å². The number of hydrogen-bond donors (Lipinski definition) is 9. The van der Waals surface area contributed by atoms with Crippen LogP contribution in [0.1, 0.15) is 89.9 Å². The second kappa shape index (κ2) is 11.3. The summed E-state index contributed by atoms with van der Waals surface area (Å²) in [4.78, 5) is 0. The van der Waals surface area contributed by atoms with Gasteiger partial charge in [0, 0.05) is 17.3 Å². The maximum Gasteiger partial charge on any atom is 0.0644 e. The molecule has 18 unspecified atom stereocenters. The maximum atomic E-state index is 6.96. The van der Waals surface area contributed by atoms with Gasteiger partial charge in [0.15, 0.2) is 0 Å². The summed E-state index contributed by atoms with van der Waals surface area (Å²) in [6.07, 6.45) is 20.9. The summed E-state index contributed by atoms with van der Waals surface area (Å²) in [5.41, 5.74) is 6.96. The zero-order valence-corrected chi connectivity index (χ0v) is 26.0. The lowest BCUT2D eigenvalue weighted by molar-refractivity contribution is 0.158. The fourth-order valence-corrected chi connectivity index (χ4v) is 12.3. The van der Waals surface area contributed by atoms with Crippen molar-refractivity contribution in [3.63, 3.8) is 0 Å². The minimum Gasteiger partial charge on any atom is -0.326 e. The lowest BCUT2D eigenvalue weighted by atomic mass is 9.74. The summed E-state index contributed by atoms with van der Waals surface area (Å²) >= 11 is 6.88. The molecule has 42 heavy (non-hydrogen) atoms. The van der Waals surface area contributed by atoms with Crippen molar-refractivity contribution in [1.29, 1.82) is 0 Å². The van der Waals surface area contributed by atoms with Gasteiger partial charge in [-0.25, -0.2) is 0 Å². The van der Waals surface area contributed by atoms with E-state index in [1.165, 1.54) is 77.0 Å². The van der Waals surface area contributed by atoms with E-state index < -0.39 is 0 Å². The van der Waals surface area contributed by atoms with Crippen LogP contribution in [0.4, 0.5) is 0 Å². The van der Waals surface area contributed by atoms with Gasteiger partial charge >= 0.3 is 0 Å². The minimum atomic E-state index is 0.0123. The molecule has 9 rings (SSSR count). The van der Waals surface area contributed by atoms with Crippen LogP contribution < -0.4 is 48.3 Å². The molecular weight excluding hydrogens is 546 g/mol. The van der Waals surface area contributed by atoms with Gasteiger partial charge in [0.2, 0.25) is 0 Å². The third-order valence-corrected chi connectivity index (χ3v) is 14.5. The van der Waals surface area contributed by atoms with Crippen LogP contribution in [-0.4, -0.2) is 60.7 Å². The van der Waals surface area contributed by atoms with Gasteiger partial charge in [-0.3, -0.25) is 42.5 Å². The molecule has 5 heterocycles. The van der Waals surface area contributed by atoms with Crippen molar-refractivity contribution in [2.75, 3.05) is 0 Å². The molecule has 0 aromatic heterocycles. The van der Waals surface area contributed by atoms with Crippen molar-refractivity contribution < 1.29 is 0 Å². The van der Waals surface area contributed by atoms with E-state index in [1.807, 2.05) is 0 Å². The summed E-state index contributed by atoms with van der Waals surface area (Å²) in [6, 6.07) is 0.0123. The van der Waals surface area contributed by atoms with Gasteiger partial charge in [0.05, 0.1) is 49.3 Å². The van der Waals surface area contributed by atoms with Gasteiger partial charge in [0.1, 0.15) is 0 Å². The summed E-state index contributed by atoms with van der Waals surface area (Å²) in [5.74, 6) is 4.95. The monoisotopic (exact) mass is 601 g/mol. The molecule has 9 nitrogen and oxygen atoms in total. The summed E-state index contributed by atoms with van der Waals surface area (Å²) in [7, 11) is 0. The number of alkyl halides is 1. The Hall–Kier alpha value is -0.0700. The van der Waals surface area contributed by atoms with E-state index in [9.17, 15) is 0 Å². The maximum absolute atomic E-state index is 6.96. The average Bonchev–Trinajstić information content (AvgIpc) is 3.74. The first-order valence-corrected chi connectivity index (χ1v) is 18.5. The third kappa shape index (κ3) is 4.66. The van der Waals surface area contributed by atoms with Crippen LogP contribution in [0.25, 0.3) is 0 Å². The van der Waals surface area contributed by atoms with Gasteiger partial charge in [-0.05, 0) is 92.8 Å². The van der Waals surface area contributed by atoms with Crippen LogP contribution >= 0.6 is 11.6 Å². The normalized spacial score (nSPS) is 59.0. The highest BCUT2D eigenvalue weighted by Crippen LogP contribution is 2.45. The molecule has 0 aromatic rings. The number of nitrogens with two attached hydrogens (primary N) is 1. The number of nitrogens with one attached hydrogen (secondary N) is 8. The molecule has 4 saturated carbocycles. The molecule has 10 N–H and O–H groups in total. The van der Waals surface area contributed by atoms with Gasteiger partial charge < -0.3 is 5.73 Å². The quantitative estimate of drug-likeness (QED) is 0.191. The molecule has 0 spiro atoms. The number of hydrogen-bond acceptors (Lipinski definition) is 9. The zero-order valence-electron chi connectivity index (χ0n) is 25.2. The number of halogens is 1. The van der Waals surface area contributed by atoms with Gasteiger partial charge in [-0.1, -0.05) is 38.5 Å². The van der Waals surface area contributed by atoms with Crippen molar-refractivity contribution in [3.05, 3.63) is 0 Å². The Labute approximate surface area is 257 Å². The summed E-state index contributed by atoms with van der Waals surface area (Å²) in [6.45, 7) is 0. The smallest absolute Gasteiger partial charge is 0.0644 e. The fourth-order valence-electron chi connectivity index (χ4n) is 12.1. The van der Waals surface area contributed by atoms with Crippen LogP contribution in [0.5, 0.6) is 0 Å². The van der Waals surface area contributed by atoms with E-state index in [0.717, 1.165) is 12.8 Å². The lowest BCUT2D eigenvalue weighted by Crippen LogP contribution is -2.62. The Bertz CT molecular complexity index is 986. The molecule has 9 aliphatic rings. The zero-order chi connectivity index (χ0) is 27.9. The molecule has 10 heteroatoms. The number of fused-ring (bicyclic) bond motifs is 20. The van der Waals surface area contributed by atoms with Crippen LogP contribution in [0.2, 0.25) is 0 Å².